The lowest BCUT2D eigenvalue weighted by atomic mass is 10.2. The highest BCUT2D eigenvalue weighted by Gasteiger charge is 2.02. The number of urea groups is 1. The van der Waals surface area contributed by atoms with Crippen molar-refractivity contribution in [2.75, 3.05) is 25.5 Å². The minimum absolute atomic E-state index is 0.196. The Morgan fingerprint density at radius 2 is 2.00 bits per heavy atom. The number of nitrogens with one attached hydrogen (secondary N) is 2. The monoisotopic (exact) mass is 298 g/mol. The van der Waals surface area contributed by atoms with Crippen LogP contribution >= 0.6 is 0 Å². The van der Waals surface area contributed by atoms with E-state index in [0.29, 0.717) is 12.2 Å². The van der Waals surface area contributed by atoms with Crippen LogP contribution in [0.15, 0.2) is 54.9 Å². The van der Waals surface area contributed by atoms with Gasteiger partial charge in [0.2, 0.25) is 0 Å². The Balaban J connectivity index is 1.59. The second kappa shape index (κ2) is 8.79. The Bertz CT molecular complexity index is 559. The standard InChI is InChI=1S/C17H22N4O/c1-21(14-15-7-3-2-4-8-15)12-6-11-19-17(22)20-16-9-5-10-18-13-16/h2-5,7-10,13H,6,11-12,14H2,1H3,(H2,19,20,22). The Hall–Kier alpha value is -2.40. The molecule has 2 aromatic rings. The van der Waals surface area contributed by atoms with E-state index in [4.69, 9.17) is 0 Å². The summed E-state index contributed by atoms with van der Waals surface area (Å²) >= 11 is 0. The smallest absolute Gasteiger partial charge is 0.319 e. The number of hydrogen-bond donors (Lipinski definition) is 2. The van der Waals surface area contributed by atoms with Gasteiger partial charge < -0.3 is 15.5 Å². The Morgan fingerprint density at radius 1 is 1.18 bits per heavy atom. The van der Waals surface area contributed by atoms with E-state index in [0.717, 1.165) is 19.5 Å². The number of benzene rings is 1. The molecule has 0 aliphatic heterocycles. The lowest BCUT2D eigenvalue weighted by Crippen LogP contribution is -2.31. The Morgan fingerprint density at radius 3 is 2.73 bits per heavy atom. The molecular formula is C17H22N4O. The van der Waals surface area contributed by atoms with E-state index in [2.05, 4.69) is 39.7 Å². The molecule has 1 heterocycles. The molecule has 0 aliphatic carbocycles. The van der Waals surface area contributed by atoms with Gasteiger partial charge in [-0.05, 0) is 37.7 Å². The maximum Gasteiger partial charge on any atom is 0.319 e. The van der Waals surface area contributed by atoms with Crippen molar-refractivity contribution in [3.05, 3.63) is 60.4 Å². The molecule has 0 saturated carbocycles. The van der Waals surface area contributed by atoms with Gasteiger partial charge >= 0.3 is 6.03 Å². The van der Waals surface area contributed by atoms with Crippen LogP contribution in [0.1, 0.15) is 12.0 Å². The second-order valence-electron chi connectivity index (χ2n) is 5.20. The summed E-state index contributed by atoms with van der Waals surface area (Å²) < 4.78 is 0. The first-order valence-corrected chi connectivity index (χ1v) is 7.41. The largest absolute Gasteiger partial charge is 0.338 e. The SMILES string of the molecule is CN(CCCNC(=O)Nc1cccnc1)Cc1ccccc1. The van der Waals surface area contributed by atoms with Gasteiger partial charge in [-0.25, -0.2) is 4.79 Å². The molecule has 5 heteroatoms. The summed E-state index contributed by atoms with van der Waals surface area (Å²) in [4.78, 5) is 17.9. The molecule has 116 valence electrons. The first kappa shape index (κ1) is 16.0. The molecule has 0 aliphatic rings. The van der Waals surface area contributed by atoms with Crippen molar-refractivity contribution >= 4 is 11.7 Å². The van der Waals surface area contributed by atoms with Gasteiger partial charge in [0.15, 0.2) is 0 Å². The number of aromatic nitrogens is 1. The number of anilines is 1. The summed E-state index contributed by atoms with van der Waals surface area (Å²) in [6, 6.07) is 13.8. The molecule has 0 saturated heterocycles. The van der Waals surface area contributed by atoms with Crippen molar-refractivity contribution in [2.45, 2.75) is 13.0 Å². The van der Waals surface area contributed by atoms with Gasteiger partial charge in [0.1, 0.15) is 0 Å². The van der Waals surface area contributed by atoms with Gasteiger partial charge in [-0.3, -0.25) is 4.98 Å². The highest BCUT2D eigenvalue weighted by molar-refractivity contribution is 5.88. The van der Waals surface area contributed by atoms with Crippen LogP contribution in [0.4, 0.5) is 10.5 Å². The van der Waals surface area contributed by atoms with Crippen LogP contribution in [-0.4, -0.2) is 36.1 Å². The lowest BCUT2D eigenvalue weighted by molar-refractivity contribution is 0.250. The average Bonchev–Trinajstić information content (AvgIpc) is 2.53. The molecule has 2 N–H and O–H groups in total. The van der Waals surface area contributed by atoms with Gasteiger partial charge in [0.25, 0.3) is 0 Å². The third-order valence-electron chi connectivity index (χ3n) is 3.22. The minimum atomic E-state index is -0.196. The fourth-order valence-corrected chi connectivity index (χ4v) is 2.14. The summed E-state index contributed by atoms with van der Waals surface area (Å²) in [5, 5.41) is 5.59. The number of nitrogens with zero attached hydrogens (tertiary/aromatic N) is 2. The molecule has 0 unspecified atom stereocenters. The summed E-state index contributed by atoms with van der Waals surface area (Å²) in [5.74, 6) is 0. The molecule has 1 aromatic carbocycles. The van der Waals surface area contributed by atoms with E-state index in [1.165, 1.54) is 5.56 Å². The number of amides is 2. The first-order chi connectivity index (χ1) is 10.7. The van der Waals surface area contributed by atoms with E-state index >= 15 is 0 Å². The summed E-state index contributed by atoms with van der Waals surface area (Å²) in [6.07, 6.45) is 4.20. The highest BCUT2D eigenvalue weighted by atomic mass is 16.2. The zero-order valence-corrected chi connectivity index (χ0v) is 12.8. The van der Waals surface area contributed by atoms with E-state index in [9.17, 15) is 4.79 Å². The zero-order valence-electron chi connectivity index (χ0n) is 12.8. The Kier molecular flexibility index (Phi) is 6.39. The number of hydrogen-bond acceptors (Lipinski definition) is 3. The van der Waals surface area contributed by atoms with Crippen molar-refractivity contribution in [1.82, 2.24) is 15.2 Å². The summed E-state index contributed by atoms with van der Waals surface area (Å²) in [6.45, 7) is 2.50. The predicted molar refractivity (Wildman–Crippen MR) is 88.7 cm³/mol. The minimum Gasteiger partial charge on any atom is -0.338 e. The zero-order chi connectivity index (χ0) is 15.6. The average molecular weight is 298 g/mol. The van der Waals surface area contributed by atoms with Crippen LogP contribution in [0.25, 0.3) is 0 Å². The van der Waals surface area contributed by atoms with Crippen molar-refractivity contribution in [1.29, 1.82) is 0 Å². The predicted octanol–water partition coefficient (Wildman–Crippen LogP) is 2.73. The van der Waals surface area contributed by atoms with E-state index in [1.54, 1.807) is 24.5 Å². The van der Waals surface area contributed by atoms with Crippen molar-refractivity contribution < 1.29 is 4.79 Å². The summed E-state index contributed by atoms with van der Waals surface area (Å²) in [7, 11) is 2.09. The number of rotatable bonds is 7. The first-order valence-electron chi connectivity index (χ1n) is 7.41. The molecule has 2 rings (SSSR count). The maximum atomic E-state index is 11.7. The van der Waals surface area contributed by atoms with Crippen LogP contribution in [0.3, 0.4) is 0 Å². The maximum absolute atomic E-state index is 11.7. The van der Waals surface area contributed by atoms with Gasteiger partial charge in [0.05, 0.1) is 11.9 Å². The fraction of sp³-hybridized carbons (Fsp3) is 0.294. The van der Waals surface area contributed by atoms with E-state index in [-0.39, 0.29) is 6.03 Å². The van der Waals surface area contributed by atoms with Crippen molar-refractivity contribution in [2.24, 2.45) is 0 Å². The van der Waals surface area contributed by atoms with Gasteiger partial charge in [0, 0.05) is 19.3 Å². The fourth-order valence-electron chi connectivity index (χ4n) is 2.14. The summed E-state index contributed by atoms with van der Waals surface area (Å²) in [5.41, 5.74) is 1.99. The van der Waals surface area contributed by atoms with Crippen LogP contribution in [-0.2, 0) is 6.54 Å². The second-order valence-corrected chi connectivity index (χ2v) is 5.20. The molecule has 2 amide bonds. The normalized spacial score (nSPS) is 10.5. The van der Waals surface area contributed by atoms with Crippen LogP contribution in [0.2, 0.25) is 0 Å². The van der Waals surface area contributed by atoms with Gasteiger partial charge in [-0.2, -0.15) is 0 Å². The van der Waals surface area contributed by atoms with Crippen molar-refractivity contribution in [3.63, 3.8) is 0 Å². The third-order valence-corrected chi connectivity index (χ3v) is 3.22. The molecule has 0 spiro atoms. The van der Waals surface area contributed by atoms with E-state index < -0.39 is 0 Å². The molecule has 5 nitrogen and oxygen atoms in total. The topological polar surface area (TPSA) is 57.3 Å². The van der Waals surface area contributed by atoms with Gasteiger partial charge in [-0.1, -0.05) is 30.3 Å². The molecule has 0 radical (unpaired) electrons. The molecule has 1 aromatic heterocycles. The molecule has 22 heavy (non-hydrogen) atoms. The van der Waals surface area contributed by atoms with Crippen LogP contribution in [0, 0.1) is 0 Å². The number of carbonyl (C=O) groups is 1. The van der Waals surface area contributed by atoms with E-state index in [1.807, 2.05) is 18.2 Å². The number of carbonyl (C=O) groups excluding carboxylic acids is 1. The number of pyridine rings is 1. The molecule has 0 atom stereocenters. The van der Waals surface area contributed by atoms with Gasteiger partial charge in [-0.15, -0.1) is 0 Å². The lowest BCUT2D eigenvalue weighted by Gasteiger charge is -2.16. The third kappa shape index (κ3) is 5.93. The molecule has 0 fully saturated rings. The molecule has 0 bridgehead atoms. The molecular weight excluding hydrogens is 276 g/mol. The van der Waals surface area contributed by atoms with Crippen LogP contribution in [0.5, 0.6) is 0 Å². The highest BCUT2D eigenvalue weighted by Crippen LogP contribution is 2.03. The Labute approximate surface area is 131 Å². The van der Waals surface area contributed by atoms with Crippen molar-refractivity contribution in [3.8, 4) is 0 Å². The quantitative estimate of drug-likeness (QED) is 0.773. The van der Waals surface area contributed by atoms with Crippen LogP contribution < -0.4 is 10.6 Å².